The van der Waals surface area contributed by atoms with E-state index < -0.39 is 0 Å². The number of nitriles is 1. The Hall–Kier alpha value is -2.53. The Labute approximate surface area is 162 Å². The number of thiazole rings is 1. The predicted octanol–water partition coefficient (Wildman–Crippen LogP) is 5.41. The van der Waals surface area contributed by atoms with Crippen LogP contribution in [0.1, 0.15) is 5.82 Å². The summed E-state index contributed by atoms with van der Waals surface area (Å²) < 4.78 is 1.83. The van der Waals surface area contributed by atoms with E-state index in [-0.39, 0.29) is 17.1 Å². The monoisotopic (exact) mass is 398 g/mol. The second-order valence-corrected chi connectivity index (χ2v) is 8.11. The number of benzene rings is 2. The lowest BCUT2D eigenvalue weighted by Gasteiger charge is -2.00. The second kappa shape index (κ2) is 7.00. The molecule has 2 N–H and O–H groups in total. The minimum atomic E-state index is -0.0335. The zero-order valence-corrected chi connectivity index (χ0v) is 15.6. The van der Waals surface area contributed by atoms with Crippen molar-refractivity contribution in [2.45, 2.75) is 4.34 Å². The number of nitrogens with one attached hydrogen (secondary N) is 1. The van der Waals surface area contributed by atoms with Crippen molar-refractivity contribution in [2.24, 2.45) is 0 Å². The summed E-state index contributed by atoms with van der Waals surface area (Å²) in [4.78, 5) is 11.9. The Balaban J connectivity index is 1.59. The fraction of sp³-hybridized carbons (Fsp3) is 0.0556. The van der Waals surface area contributed by atoms with Crippen LogP contribution in [0.2, 0.25) is 5.02 Å². The van der Waals surface area contributed by atoms with Crippen molar-refractivity contribution in [2.75, 3.05) is 5.75 Å². The minimum absolute atomic E-state index is 0.0335. The number of hydrogen-bond donors (Lipinski definition) is 2. The molecule has 0 bridgehead atoms. The maximum Gasteiger partial charge on any atom is 0.152 e. The molecule has 0 aliphatic heterocycles. The van der Waals surface area contributed by atoms with Gasteiger partial charge in [0.05, 0.1) is 27.0 Å². The second-order valence-electron chi connectivity index (χ2n) is 5.42. The molecule has 8 heteroatoms. The van der Waals surface area contributed by atoms with Crippen molar-refractivity contribution >= 4 is 61.5 Å². The first-order valence-corrected chi connectivity index (χ1v) is 9.78. The highest BCUT2D eigenvalue weighted by Gasteiger charge is 2.14. The number of para-hydroxylation sites is 2. The first-order chi connectivity index (χ1) is 12.6. The van der Waals surface area contributed by atoms with Crippen molar-refractivity contribution in [1.29, 1.82) is 5.26 Å². The highest BCUT2D eigenvalue weighted by Crippen LogP contribution is 2.32. The summed E-state index contributed by atoms with van der Waals surface area (Å²) in [5.74, 6) is 0.560. The number of hydrogen-bond acceptors (Lipinski definition) is 6. The molecule has 0 fully saturated rings. The number of aliphatic hydroxyl groups excluding tert-OH is 1. The van der Waals surface area contributed by atoms with Crippen LogP contribution < -0.4 is 0 Å². The van der Waals surface area contributed by atoms with Crippen LogP contribution in [0.5, 0.6) is 0 Å². The number of rotatable bonds is 4. The van der Waals surface area contributed by atoms with E-state index in [9.17, 15) is 10.4 Å². The van der Waals surface area contributed by atoms with Gasteiger partial charge in [-0.1, -0.05) is 35.5 Å². The third-order valence-corrected chi connectivity index (χ3v) is 6.11. The molecule has 0 spiro atoms. The Morgan fingerprint density at radius 2 is 2.08 bits per heavy atom. The van der Waals surface area contributed by atoms with Gasteiger partial charge < -0.3 is 10.1 Å². The number of allylic oxidation sites excluding steroid dienone is 1. The number of nitrogens with zero attached hydrogens (tertiary/aromatic N) is 3. The maximum absolute atomic E-state index is 10.4. The van der Waals surface area contributed by atoms with Crippen LogP contribution in [0.25, 0.3) is 26.8 Å². The number of aromatic nitrogens is 3. The standard InChI is InChI=1S/C18H11ClN4OS2/c19-10-5-6-16-14(7-10)23-18(26-16)25-9-15(24)11(8-20)17-21-12-3-1-2-4-13(12)22-17/h1-7,24H,9H2,(H,21,22). The van der Waals surface area contributed by atoms with Gasteiger partial charge in [0, 0.05) is 5.02 Å². The van der Waals surface area contributed by atoms with E-state index in [1.807, 2.05) is 48.5 Å². The van der Waals surface area contributed by atoms with Crippen LogP contribution in [0, 0.1) is 11.3 Å². The van der Waals surface area contributed by atoms with E-state index in [0.29, 0.717) is 10.8 Å². The van der Waals surface area contributed by atoms with Gasteiger partial charge in [-0.2, -0.15) is 5.26 Å². The van der Waals surface area contributed by atoms with E-state index in [1.165, 1.54) is 23.1 Å². The van der Waals surface area contributed by atoms with Gasteiger partial charge in [0.2, 0.25) is 0 Å². The van der Waals surface area contributed by atoms with Gasteiger partial charge in [-0.15, -0.1) is 11.3 Å². The average Bonchev–Trinajstić information content (AvgIpc) is 3.23. The lowest BCUT2D eigenvalue weighted by atomic mass is 10.2. The van der Waals surface area contributed by atoms with Crippen molar-refractivity contribution in [1.82, 2.24) is 15.0 Å². The van der Waals surface area contributed by atoms with E-state index in [1.54, 1.807) is 0 Å². The molecule has 0 saturated carbocycles. The van der Waals surface area contributed by atoms with Crippen molar-refractivity contribution in [3.8, 4) is 6.07 Å². The Bertz CT molecular complexity index is 1160. The summed E-state index contributed by atoms with van der Waals surface area (Å²) in [7, 11) is 0. The van der Waals surface area contributed by atoms with Gasteiger partial charge in [0.25, 0.3) is 0 Å². The molecule has 0 unspecified atom stereocenters. The molecule has 5 nitrogen and oxygen atoms in total. The third-order valence-electron chi connectivity index (χ3n) is 3.69. The van der Waals surface area contributed by atoms with Gasteiger partial charge in [0.1, 0.15) is 17.4 Å². The number of aliphatic hydroxyl groups is 1. The molecule has 0 aliphatic carbocycles. The largest absolute Gasteiger partial charge is 0.510 e. The van der Waals surface area contributed by atoms with Crippen LogP contribution in [-0.4, -0.2) is 25.8 Å². The van der Waals surface area contributed by atoms with Crippen molar-refractivity contribution < 1.29 is 5.11 Å². The first kappa shape index (κ1) is 16.9. The summed E-state index contributed by atoms with van der Waals surface area (Å²) in [6.07, 6.45) is 0. The zero-order valence-electron chi connectivity index (χ0n) is 13.2. The van der Waals surface area contributed by atoms with Crippen LogP contribution in [0.15, 0.2) is 52.6 Å². The molecule has 2 aromatic carbocycles. The lowest BCUT2D eigenvalue weighted by molar-refractivity contribution is 0.420. The highest BCUT2D eigenvalue weighted by molar-refractivity contribution is 8.01. The average molecular weight is 399 g/mol. The lowest BCUT2D eigenvalue weighted by Crippen LogP contribution is -1.95. The Morgan fingerprint density at radius 1 is 1.23 bits per heavy atom. The van der Waals surface area contributed by atoms with Gasteiger partial charge in [-0.3, -0.25) is 0 Å². The molecule has 0 atom stereocenters. The fourth-order valence-corrected chi connectivity index (χ4v) is 4.56. The SMILES string of the molecule is N#CC(=C(O)CSc1nc2cc(Cl)ccc2s1)c1nc2ccccc2[nH]1. The number of thioether (sulfide) groups is 1. The van der Waals surface area contributed by atoms with Crippen molar-refractivity contribution in [3.05, 3.63) is 59.1 Å². The fourth-order valence-electron chi connectivity index (χ4n) is 2.47. The van der Waals surface area contributed by atoms with Gasteiger partial charge >= 0.3 is 0 Å². The topological polar surface area (TPSA) is 85.6 Å². The molecule has 26 heavy (non-hydrogen) atoms. The molecular formula is C18H11ClN4OS2. The van der Waals surface area contributed by atoms with Gasteiger partial charge in [-0.05, 0) is 30.3 Å². The molecule has 4 aromatic rings. The molecule has 128 valence electrons. The maximum atomic E-state index is 10.4. The predicted molar refractivity (Wildman–Crippen MR) is 107 cm³/mol. The smallest absolute Gasteiger partial charge is 0.152 e. The molecule has 2 aromatic heterocycles. The molecule has 0 radical (unpaired) electrons. The van der Waals surface area contributed by atoms with Crippen LogP contribution in [-0.2, 0) is 0 Å². The van der Waals surface area contributed by atoms with Crippen LogP contribution in [0.4, 0.5) is 0 Å². The quantitative estimate of drug-likeness (QED) is 0.272. The van der Waals surface area contributed by atoms with Gasteiger partial charge in [-0.25, -0.2) is 9.97 Å². The Kier molecular flexibility index (Phi) is 4.55. The number of aromatic amines is 1. The number of H-pyrrole nitrogens is 1. The van der Waals surface area contributed by atoms with E-state index in [2.05, 4.69) is 15.0 Å². The normalized spacial score (nSPS) is 12.3. The third kappa shape index (κ3) is 3.27. The van der Waals surface area contributed by atoms with E-state index >= 15 is 0 Å². The van der Waals surface area contributed by atoms with E-state index in [4.69, 9.17) is 11.6 Å². The van der Waals surface area contributed by atoms with Crippen LogP contribution >= 0.6 is 34.7 Å². The first-order valence-electron chi connectivity index (χ1n) is 7.60. The molecule has 4 rings (SSSR count). The molecular weight excluding hydrogens is 388 g/mol. The molecule has 0 aliphatic rings. The summed E-state index contributed by atoms with van der Waals surface area (Å²) in [6, 6.07) is 15.1. The summed E-state index contributed by atoms with van der Waals surface area (Å²) >= 11 is 8.87. The summed E-state index contributed by atoms with van der Waals surface area (Å²) in [5, 5.41) is 20.5. The Morgan fingerprint density at radius 3 is 2.88 bits per heavy atom. The van der Waals surface area contributed by atoms with Gasteiger partial charge in [0.15, 0.2) is 10.2 Å². The highest BCUT2D eigenvalue weighted by atomic mass is 35.5. The number of fused-ring (bicyclic) bond motifs is 2. The minimum Gasteiger partial charge on any atom is -0.510 e. The van der Waals surface area contributed by atoms with E-state index in [0.717, 1.165) is 25.6 Å². The summed E-state index contributed by atoms with van der Waals surface area (Å²) in [6.45, 7) is 0. The number of halogens is 1. The van der Waals surface area contributed by atoms with Crippen LogP contribution in [0.3, 0.4) is 0 Å². The number of imidazole rings is 1. The molecule has 0 saturated heterocycles. The zero-order chi connectivity index (χ0) is 18.1. The van der Waals surface area contributed by atoms with Crippen molar-refractivity contribution in [3.63, 3.8) is 0 Å². The molecule has 0 amide bonds. The summed E-state index contributed by atoms with van der Waals surface area (Å²) in [5.41, 5.74) is 2.53. The molecule has 2 heterocycles.